The van der Waals surface area contributed by atoms with Crippen LogP contribution in [-0.4, -0.2) is 65.1 Å². The summed E-state index contributed by atoms with van der Waals surface area (Å²) in [5.41, 5.74) is -0.525. The van der Waals surface area contributed by atoms with Gasteiger partial charge in [-0.05, 0) is 43.4 Å². The predicted molar refractivity (Wildman–Crippen MR) is 155 cm³/mol. The van der Waals surface area contributed by atoms with Gasteiger partial charge in [0.1, 0.15) is 24.3 Å². The second-order valence-corrected chi connectivity index (χ2v) is 11.7. The van der Waals surface area contributed by atoms with Crippen molar-refractivity contribution in [3.05, 3.63) is 24.4 Å². The van der Waals surface area contributed by atoms with Crippen LogP contribution in [0.1, 0.15) is 92.9 Å². The van der Waals surface area contributed by atoms with Gasteiger partial charge < -0.3 is 20.6 Å². The smallest absolute Gasteiger partial charge is 0.323 e. The Bertz CT molecular complexity index is 900. The topological polar surface area (TPSA) is 128 Å². The van der Waals surface area contributed by atoms with Gasteiger partial charge in [0.25, 0.3) is 5.91 Å². The number of nitrogens with zero attached hydrogens (tertiary/aromatic N) is 2. The quantitative estimate of drug-likeness (QED) is 0.206. The maximum atomic E-state index is 13.8. The first-order chi connectivity index (χ1) is 18.3. The van der Waals surface area contributed by atoms with Gasteiger partial charge in [-0.1, -0.05) is 85.5 Å². The van der Waals surface area contributed by atoms with Gasteiger partial charge in [-0.25, -0.2) is 0 Å². The first kappa shape index (κ1) is 34.1. The van der Waals surface area contributed by atoms with Crippen molar-refractivity contribution < 1.29 is 24.3 Å². The predicted octanol–water partition coefficient (Wildman–Crippen LogP) is 4.48. The molecule has 0 radical (unpaired) electrons. The summed E-state index contributed by atoms with van der Waals surface area (Å²) < 4.78 is 0. The van der Waals surface area contributed by atoms with E-state index in [0.29, 0.717) is 18.9 Å². The molecule has 0 aromatic carbocycles. The zero-order valence-electron chi connectivity index (χ0n) is 24.8. The summed E-state index contributed by atoms with van der Waals surface area (Å²) in [6, 6.07) is -1.81. The molecule has 2 unspecified atom stereocenters. The lowest BCUT2D eigenvalue weighted by Crippen LogP contribution is -2.60. The highest BCUT2D eigenvalue weighted by molar-refractivity contribution is 5.99. The summed E-state index contributed by atoms with van der Waals surface area (Å²) >= 11 is 0. The van der Waals surface area contributed by atoms with Crippen LogP contribution < -0.4 is 10.6 Å². The number of allylic oxidation sites excluding steroid dienone is 2. The van der Waals surface area contributed by atoms with Crippen LogP contribution in [0.4, 0.5) is 0 Å². The lowest BCUT2D eigenvalue weighted by atomic mass is 9.82. The van der Waals surface area contributed by atoms with E-state index < -0.39 is 47.7 Å². The zero-order valence-corrected chi connectivity index (χ0v) is 24.8. The van der Waals surface area contributed by atoms with Gasteiger partial charge >= 0.3 is 5.97 Å². The van der Waals surface area contributed by atoms with Crippen LogP contribution in [0.2, 0.25) is 0 Å². The highest BCUT2D eigenvalue weighted by Gasteiger charge is 2.39. The molecule has 39 heavy (non-hydrogen) atoms. The van der Waals surface area contributed by atoms with Gasteiger partial charge in [0.2, 0.25) is 11.8 Å². The summed E-state index contributed by atoms with van der Waals surface area (Å²) in [4.78, 5) is 57.6. The molecule has 0 spiro atoms. The third-order valence-corrected chi connectivity index (χ3v) is 7.23. The Labute approximate surface area is 234 Å². The van der Waals surface area contributed by atoms with E-state index in [9.17, 15) is 24.3 Å². The van der Waals surface area contributed by atoms with Crippen molar-refractivity contribution in [1.29, 1.82) is 0 Å². The summed E-state index contributed by atoms with van der Waals surface area (Å²) in [7, 11) is 0. The molecule has 0 aromatic heterocycles. The van der Waals surface area contributed by atoms with Gasteiger partial charge in [-0.3, -0.25) is 24.2 Å². The molecule has 9 heteroatoms. The Morgan fingerprint density at radius 2 is 1.74 bits per heavy atom. The number of rotatable bonds is 15. The number of carbonyl (C=O) groups is 4. The molecular weight excluding hydrogens is 496 g/mol. The second-order valence-electron chi connectivity index (χ2n) is 11.7. The molecular formula is C30H50N4O5. The molecule has 1 aliphatic carbocycles. The van der Waals surface area contributed by atoms with E-state index in [4.69, 9.17) is 0 Å². The third kappa shape index (κ3) is 11.8. The normalized spacial score (nSPS) is 17.2. The Kier molecular flexibility index (Phi) is 14.7. The van der Waals surface area contributed by atoms with Crippen molar-refractivity contribution in [2.75, 3.05) is 13.1 Å². The van der Waals surface area contributed by atoms with Gasteiger partial charge in [0, 0.05) is 12.8 Å². The van der Waals surface area contributed by atoms with Crippen LogP contribution in [0, 0.1) is 17.3 Å². The molecule has 3 N–H and O–H groups in total. The standard InChI is InChI=1S/C30H50N4O5/c1-8-14-21(4)17-19-34(20-24(35)36)29(39)26(30(5,6)7)33-28(38)25(22-15-12-11-13-16-22)32-27(37)23(10-3)31-18-9-2/h9-10,18,21-22,25-26H,2,8,11-17,19-20H2,1,3-7H3,(H,32,37)(H,33,38)(H,35,36)/b23-10-,31-18?/t21?,25-,26?/m0/s1. The number of hydrogen-bond acceptors (Lipinski definition) is 5. The average molecular weight is 547 g/mol. The minimum Gasteiger partial charge on any atom is -0.480 e. The molecule has 0 bridgehead atoms. The Morgan fingerprint density at radius 1 is 1.10 bits per heavy atom. The summed E-state index contributed by atoms with van der Waals surface area (Å²) in [5, 5.41) is 15.3. The molecule has 1 fully saturated rings. The Hall–Kier alpha value is -2.97. The Balaban J connectivity index is 3.25. The fourth-order valence-electron chi connectivity index (χ4n) is 4.98. The number of carboxylic acids is 1. The maximum Gasteiger partial charge on any atom is 0.323 e. The van der Waals surface area contributed by atoms with E-state index in [1.165, 1.54) is 17.2 Å². The fourth-order valence-corrected chi connectivity index (χ4v) is 4.98. The largest absolute Gasteiger partial charge is 0.480 e. The van der Waals surface area contributed by atoms with Crippen molar-refractivity contribution in [2.45, 2.75) is 105 Å². The van der Waals surface area contributed by atoms with Crippen molar-refractivity contribution in [1.82, 2.24) is 15.5 Å². The highest BCUT2D eigenvalue weighted by Crippen LogP contribution is 2.28. The van der Waals surface area contributed by atoms with Crippen molar-refractivity contribution in [2.24, 2.45) is 22.2 Å². The second kappa shape index (κ2) is 16.9. The van der Waals surface area contributed by atoms with Crippen LogP contribution in [-0.2, 0) is 19.2 Å². The summed E-state index contributed by atoms with van der Waals surface area (Å²) in [5.74, 6) is -2.18. The van der Waals surface area contributed by atoms with Gasteiger partial charge in [-0.2, -0.15) is 0 Å². The molecule has 220 valence electrons. The zero-order chi connectivity index (χ0) is 29.6. The first-order valence-corrected chi connectivity index (χ1v) is 14.3. The van der Waals surface area contributed by atoms with Crippen LogP contribution in [0.3, 0.4) is 0 Å². The van der Waals surface area contributed by atoms with E-state index in [0.717, 1.165) is 44.9 Å². The number of carbonyl (C=O) groups excluding carboxylic acids is 3. The van der Waals surface area contributed by atoms with Crippen molar-refractivity contribution >= 4 is 29.9 Å². The van der Waals surface area contributed by atoms with E-state index in [-0.39, 0.29) is 11.6 Å². The lowest BCUT2D eigenvalue weighted by Gasteiger charge is -2.37. The molecule has 1 rings (SSSR count). The SMILES string of the molecule is C=CC=N/C(=C\C)C(=O)N[C@H](C(=O)NC(C(=O)N(CCC(C)CCC)CC(=O)O)C(C)(C)C)C1CCCCC1. The third-order valence-electron chi connectivity index (χ3n) is 7.23. The molecule has 0 heterocycles. The van der Waals surface area contributed by atoms with Crippen LogP contribution in [0.5, 0.6) is 0 Å². The molecule has 0 aliphatic heterocycles. The number of carboxylic acid groups (broad SMARTS) is 1. The average Bonchev–Trinajstić information content (AvgIpc) is 2.88. The van der Waals surface area contributed by atoms with Crippen molar-refractivity contribution in [3.63, 3.8) is 0 Å². The molecule has 0 saturated heterocycles. The Morgan fingerprint density at radius 3 is 2.26 bits per heavy atom. The molecule has 3 atom stereocenters. The van der Waals surface area contributed by atoms with Crippen LogP contribution >= 0.6 is 0 Å². The highest BCUT2D eigenvalue weighted by atomic mass is 16.4. The monoisotopic (exact) mass is 546 g/mol. The minimum atomic E-state index is -1.10. The van der Waals surface area contributed by atoms with E-state index >= 15 is 0 Å². The molecule has 1 aliphatic rings. The first-order valence-electron chi connectivity index (χ1n) is 14.3. The van der Waals surface area contributed by atoms with E-state index in [1.54, 1.807) is 13.0 Å². The minimum absolute atomic E-state index is 0.0788. The van der Waals surface area contributed by atoms with Gasteiger partial charge in [0.15, 0.2) is 0 Å². The van der Waals surface area contributed by atoms with E-state index in [1.807, 2.05) is 20.8 Å². The summed E-state index contributed by atoms with van der Waals surface area (Å²) in [6.45, 7) is 14.8. The maximum absolute atomic E-state index is 13.8. The lowest BCUT2D eigenvalue weighted by molar-refractivity contribution is -0.148. The van der Waals surface area contributed by atoms with Gasteiger partial charge in [0.05, 0.1) is 0 Å². The molecule has 0 aromatic rings. The molecule has 9 nitrogen and oxygen atoms in total. The van der Waals surface area contributed by atoms with Crippen LogP contribution in [0.25, 0.3) is 0 Å². The summed E-state index contributed by atoms with van der Waals surface area (Å²) in [6.07, 6.45) is 11.7. The van der Waals surface area contributed by atoms with E-state index in [2.05, 4.69) is 36.1 Å². The molecule has 1 saturated carbocycles. The number of aliphatic imine (C=N–C) groups is 1. The van der Waals surface area contributed by atoms with Crippen molar-refractivity contribution in [3.8, 4) is 0 Å². The van der Waals surface area contributed by atoms with Gasteiger partial charge in [-0.15, -0.1) is 0 Å². The molecule has 3 amide bonds. The van der Waals surface area contributed by atoms with Crippen LogP contribution in [0.15, 0.2) is 29.4 Å². The number of hydrogen-bond donors (Lipinski definition) is 3. The number of nitrogens with one attached hydrogen (secondary N) is 2. The number of aliphatic carboxylic acids is 1. The fraction of sp³-hybridized carbons (Fsp3) is 0.700. The number of amides is 3.